The summed E-state index contributed by atoms with van der Waals surface area (Å²) in [5.41, 5.74) is -2.76. The number of aromatic nitrogens is 2. The Hall–Kier alpha value is -5.69. The molecule has 0 atom stereocenters. The summed E-state index contributed by atoms with van der Waals surface area (Å²) >= 11 is 0. The second-order valence-electron chi connectivity index (χ2n) is 11.2. The third-order valence-corrected chi connectivity index (χ3v) is 11.5. The number of nitrogens with one attached hydrogen (secondary N) is 1. The minimum Gasteiger partial charge on any atom is -0.506 e. The Labute approximate surface area is 320 Å². The van der Waals surface area contributed by atoms with Gasteiger partial charge in [0.25, 0.3) is 25.8 Å². The van der Waals surface area contributed by atoms with Crippen LogP contribution in [0.1, 0.15) is 5.69 Å². The molecule has 0 fully saturated rings. The van der Waals surface area contributed by atoms with E-state index in [1.54, 1.807) is 0 Å². The molecular weight excluding hydrogens is 849 g/mol. The van der Waals surface area contributed by atoms with Crippen molar-refractivity contribution in [1.82, 2.24) is 9.78 Å². The maximum absolute atomic E-state index is 13.2. The van der Waals surface area contributed by atoms with E-state index in [2.05, 4.69) is 34.6 Å². The molecule has 304 valence electrons. The lowest BCUT2D eigenvalue weighted by atomic mass is 10.1. The zero-order valence-electron chi connectivity index (χ0n) is 28.3. The summed E-state index contributed by atoms with van der Waals surface area (Å²) in [5.74, 6) is -3.24. The van der Waals surface area contributed by atoms with E-state index in [0.717, 1.165) is 42.1 Å². The number of H-pyrrole nitrogens is 1. The van der Waals surface area contributed by atoms with Gasteiger partial charge in [-0.05, 0) is 47.9 Å². The van der Waals surface area contributed by atoms with Crippen LogP contribution >= 0.6 is 0 Å². The lowest BCUT2D eigenvalue weighted by molar-refractivity contribution is -0.253. The van der Waals surface area contributed by atoms with Gasteiger partial charge in [0.15, 0.2) is 21.3 Å². The summed E-state index contributed by atoms with van der Waals surface area (Å²) in [5, 5.41) is 48.6. The number of sulfone groups is 1. The Morgan fingerprint density at radius 3 is 2.04 bits per heavy atom. The van der Waals surface area contributed by atoms with Gasteiger partial charge in [0.1, 0.15) is 39.3 Å². The molecule has 0 amide bonds. The predicted molar refractivity (Wildman–Crippen MR) is 192 cm³/mol. The summed E-state index contributed by atoms with van der Waals surface area (Å²) in [4.78, 5) is 15.3. The van der Waals surface area contributed by atoms with Crippen LogP contribution in [0.25, 0.3) is 16.5 Å². The SMILES string of the molecule is COc1cc(N=Nc2c(S(=O)(=O)O)cc3ccc(N=Nc4c(COO)[nH]n(-c5ccc(S(=O)(=O)O)cc5)c4=O)cc3c2O)c(O)cc1S(=O)(=O)CCOS(=O)(=O)O. The molecule has 57 heavy (non-hydrogen) atoms. The van der Waals surface area contributed by atoms with E-state index in [-0.39, 0.29) is 27.8 Å². The van der Waals surface area contributed by atoms with Crippen LogP contribution < -0.4 is 10.3 Å². The van der Waals surface area contributed by atoms with Gasteiger partial charge in [-0.3, -0.25) is 28.8 Å². The molecule has 1 heterocycles. The fourth-order valence-electron chi connectivity index (χ4n) is 4.97. The normalized spacial score (nSPS) is 12.9. The monoisotopic (exact) mass is 874 g/mol. The van der Waals surface area contributed by atoms with Crippen LogP contribution in [0.3, 0.4) is 0 Å². The smallest absolute Gasteiger partial charge is 0.397 e. The highest BCUT2D eigenvalue weighted by atomic mass is 32.3. The lowest BCUT2D eigenvalue weighted by Crippen LogP contribution is -2.16. The number of hydrogen-bond donors (Lipinski definition) is 7. The molecule has 5 aromatic rings. The maximum atomic E-state index is 13.2. The Kier molecular flexibility index (Phi) is 12.0. The maximum Gasteiger partial charge on any atom is 0.397 e. The van der Waals surface area contributed by atoms with E-state index in [9.17, 15) is 57.8 Å². The highest BCUT2D eigenvalue weighted by molar-refractivity contribution is 7.91. The van der Waals surface area contributed by atoms with Crippen LogP contribution in [0, 0.1) is 0 Å². The zero-order chi connectivity index (χ0) is 42.1. The molecule has 28 heteroatoms. The fourth-order valence-corrected chi connectivity index (χ4v) is 7.77. The first-order chi connectivity index (χ1) is 26.5. The van der Waals surface area contributed by atoms with Crippen molar-refractivity contribution in [2.45, 2.75) is 21.3 Å². The number of nitrogens with zero attached hydrogens (tertiary/aromatic N) is 5. The molecular formula is C29H26N6O18S4. The van der Waals surface area contributed by atoms with Crippen LogP contribution in [-0.2, 0) is 56.2 Å². The molecule has 1 aromatic heterocycles. The van der Waals surface area contributed by atoms with Crippen molar-refractivity contribution in [3.63, 3.8) is 0 Å². The van der Waals surface area contributed by atoms with Gasteiger partial charge >= 0.3 is 10.4 Å². The molecule has 4 aromatic carbocycles. The van der Waals surface area contributed by atoms with Crippen molar-refractivity contribution in [3.05, 3.63) is 76.7 Å². The van der Waals surface area contributed by atoms with Crippen molar-refractivity contribution >= 4 is 74.0 Å². The number of aromatic hydroxyl groups is 2. The van der Waals surface area contributed by atoms with Gasteiger partial charge < -0.3 is 14.9 Å². The van der Waals surface area contributed by atoms with Crippen molar-refractivity contribution in [3.8, 4) is 22.9 Å². The zero-order valence-corrected chi connectivity index (χ0v) is 31.6. The average Bonchev–Trinajstić information content (AvgIpc) is 3.43. The van der Waals surface area contributed by atoms with Gasteiger partial charge in [0.05, 0.1) is 41.4 Å². The number of fused-ring (bicyclic) bond motifs is 1. The van der Waals surface area contributed by atoms with Crippen molar-refractivity contribution < 1.29 is 76.6 Å². The molecule has 7 N–H and O–H groups in total. The molecule has 0 radical (unpaired) electrons. The molecule has 0 spiro atoms. The van der Waals surface area contributed by atoms with E-state index >= 15 is 0 Å². The molecule has 0 unspecified atom stereocenters. The lowest BCUT2D eigenvalue weighted by Gasteiger charge is -2.12. The number of phenolic OH excluding ortho intramolecular Hbond substituents is 2. The van der Waals surface area contributed by atoms with Gasteiger partial charge in [0.2, 0.25) is 0 Å². The topological polar surface area (TPSA) is 373 Å². The minimum atomic E-state index is -5.13. The largest absolute Gasteiger partial charge is 0.506 e. The Morgan fingerprint density at radius 1 is 0.772 bits per heavy atom. The first-order valence-corrected chi connectivity index (χ1v) is 21.0. The van der Waals surface area contributed by atoms with Crippen LogP contribution in [-0.4, -0.2) is 92.0 Å². The van der Waals surface area contributed by atoms with Crippen LogP contribution in [0.5, 0.6) is 17.2 Å². The van der Waals surface area contributed by atoms with E-state index in [1.165, 1.54) is 24.3 Å². The van der Waals surface area contributed by atoms with Crippen molar-refractivity contribution in [2.24, 2.45) is 20.5 Å². The second-order valence-corrected chi connectivity index (χ2v) is 17.2. The second kappa shape index (κ2) is 16.0. The molecule has 0 saturated carbocycles. The summed E-state index contributed by atoms with van der Waals surface area (Å²) in [7, 11) is -18.0. The molecule has 5 rings (SSSR count). The summed E-state index contributed by atoms with van der Waals surface area (Å²) in [6.07, 6.45) is 0. The number of rotatable bonds is 15. The summed E-state index contributed by atoms with van der Waals surface area (Å²) in [6.45, 7) is -1.60. The predicted octanol–water partition coefficient (Wildman–Crippen LogP) is 3.65. The first-order valence-electron chi connectivity index (χ1n) is 15.1. The number of ether oxygens (including phenoxy) is 1. The molecule has 0 aliphatic rings. The van der Waals surface area contributed by atoms with Gasteiger partial charge in [-0.1, -0.05) is 6.07 Å². The van der Waals surface area contributed by atoms with E-state index < -0.39 is 114 Å². The Balaban J connectivity index is 1.54. The van der Waals surface area contributed by atoms with Crippen LogP contribution in [0.2, 0.25) is 0 Å². The number of hydrogen-bond acceptors (Lipinski definition) is 19. The van der Waals surface area contributed by atoms with Crippen LogP contribution in [0.4, 0.5) is 22.7 Å². The number of azo groups is 2. The fraction of sp³-hybridized carbons (Fsp3) is 0.138. The molecule has 0 aliphatic carbocycles. The summed E-state index contributed by atoms with van der Waals surface area (Å²) in [6, 6.07) is 10.5. The standard InChI is InChI=1S/C29H26N6O18S4/c1-51-23-12-20(22(36)13-24(23)54(40,41)9-8-53-57(48,49)50)31-33-27-25(56(45,46)47)10-15-2-3-16(11-19(15)28(27)37)30-32-26-21(14-52-39)34-35(29(26)38)17-4-6-18(7-5-17)55(42,43)44/h2-7,10-13,34,36-37,39H,8-9,14H2,1H3,(H,42,43,44)(H,45,46,47)(H,48,49,50). The van der Waals surface area contributed by atoms with E-state index in [0.29, 0.717) is 6.07 Å². The van der Waals surface area contributed by atoms with Gasteiger partial charge in [-0.15, -0.1) is 15.3 Å². The molecule has 24 nitrogen and oxygen atoms in total. The number of methoxy groups -OCH3 is 1. The number of phenols is 2. The van der Waals surface area contributed by atoms with Crippen molar-refractivity contribution in [1.29, 1.82) is 0 Å². The quantitative estimate of drug-likeness (QED) is 0.0341. The molecule has 0 bridgehead atoms. The number of benzene rings is 4. The molecule has 0 aliphatic heterocycles. The van der Waals surface area contributed by atoms with Gasteiger partial charge in [0, 0.05) is 17.5 Å². The third-order valence-electron chi connectivity index (χ3n) is 7.56. The Bertz CT molecular complexity index is 2960. The Morgan fingerprint density at radius 2 is 1.44 bits per heavy atom. The van der Waals surface area contributed by atoms with E-state index in [1.807, 2.05) is 0 Å². The summed E-state index contributed by atoms with van der Waals surface area (Å²) < 4.78 is 132. The molecule has 0 saturated heterocycles. The van der Waals surface area contributed by atoms with Gasteiger partial charge in [-0.25, -0.2) is 22.2 Å². The van der Waals surface area contributed by atoms with E-state index in [4.69, 9.17) is 14.5 Å². The minimum absolute atomic E-state index is 0.00166. The first kappa shape index (κ1) is 42.5. The van der Waals surface area contributed by atoms with Crippen LogP contribution in [0.15, 0.2) is 101 Å². The van der Waals surface area contributed by atoms with Gasteiger partial charge in [-0.2, -0.15) is 30.4 Å². The number of aromatic amines is 1. The highest BCUT2D eigenvalue weighted by Crippen LogP contribution is 2.44. The average molecular weight is 875 g/mol. The highest BCUT2D eigenvalue weighted by Gasteiger charge is 2.26. The van der Waals surface area contributed by atoms with Crippen molar-refractivity contribution in [2.75, 3.05) is 19.5 Å². The third kappa shape index (κ3) is 9.65.